The number of rotatable bonds is 5. The Hall–Kier alpha value is -2.83. The minimum absolute atomic E-state index is 0.171. The maximum absolute atomic E-state index is 14.0. The maximum Gasteiger partial charge on any atom is 0.318 e. The molecule has 2 unspecified atom stereocenters. The number of nitrogens with one attached hydrogen (secondary N) is 1. The Morgan fingerprint density at radius 1 is 1.18 bits per heavy atom. The van der Waals surface area contributed by atoms with E-state index in [1.165, 1.54) is 12.1 Å². The molecule has 0 saturated carbocycles. The molecule has 28 heavy (non-hydrogen) atoms. The Balaban J connectivity index is 1.80. The van der Waals surface area contributed by atoms with Gasteiger partial charge in [-0.05, 0) is 44.0 Å². The van der Waals surface area contributed by atoms with Crippen LogP contribution in [0.25, 0.3) is 0 Å². The average molecular weight is 390 g/mol. The molecule has 1 aliphatic heterocycles. The number of hydrogen-bond donors (Lipinski definition) is 1. The Bertz CT molecular complexity index is 860. The third-order valence-corrected chi connectivity index (χ3v) is 5.08. The fourth-order valence-corrected chi connectivity index (χ4v) is 3.63. The van der Waals surface area contributed by atoms with Crippen LogP contribution in [0.4, 0.5) is 13.6 Å². The summed E-state index contributed by atoms with van der Waals surface area (Å²) in [5, 5.41) is 2.82. The Morgan fingerprint density at radius 2 is 1.96 bits per heavy atom. The largest absolute Gasteiger partial charge is 0.497 e. The number of nitrogens with zero attached hydrogens (tertiary/aromatic N) is 1. The second kappa shape index (κ2) is 8.46. The average Bonchev–Trinajstić information content (AvgIpc) is 3.17. The van der Waals surface area contributed by atoms with Crippen molar-refractivity contribution in [3.05, 3.63) is 59.2 Å². The molecule has 2 amide bonds. The van der Waals surface area contributed by atoms with Crippen LogP contribution in [0, 0.1) is 11.6 Å². The molecule has 3 rings (SSSR count). The highest BCUT2D eigenvalue weighted by molar-refractivity contribution is 5.76. The van der Waals surface area contributed by atoms with Gasteiger partial charge in [0, 0.05) is 23.7 Å². The van der Waals surface area contributed by atoms with Crippen LogP contribution in [-0.2, 0) is 0 Å². The lowest BCUT2D eigenvalue weighted by Gasteiger charge is -2.28. The number of urea groups is 1. The molecule has 1 saturated heterocycles. The van der Waals surface area contributed by atoms with Gasteiger partial charge in [0.1, 0.15) is 23.1 Å². The monoisotopic (exact) mass is 390 g/mol. The van der Waals surface area contributed by atoms with Gasteiger partial charge in [-0.15, -0.1) is 0 Å². The van der Waals surface area contributed by atoms with Gasteiger partial charge < -0.3 is 19.7 Å². The summed E-state index contributed by atoms with van der Waals surface area (Å²) in [4.78, 5) is 14.6. The molecule has 2 aromatic carbocycles. The first-order chi connectivity index (χ1) is 13.4. The van der Waals surface area contributed by atoms with Crippen molar-refractivity contribution in [3.63, 3.8) is 0 Å². The van der Waals surface area contributed by atoms with Gasteiger partial charge in [0.05, 0.1) is 26.3 Å². The first-order valence-electron chi connectivity index (χ1n) is 9.18. The molecule has 2 atom stereocenters. The highest BCUT2D eigenvalue weighted by Gasteiger charge is 2.33. The zero-order valence-electron chi connectivity index (χ0n) is 16.2. The molecule has 1 N–H and O–H groups in total. The van der Waals surface area contributed by atoms with Crippen LogP contribution in [0.1, 0.15) is 43.0 Å². The van der Waals surface area contributed by atoms with E-state index in [1.54, 1.807) is 32.1 Å². The summed E-state index contributed by atoms with van der Waals surface area (Å²) in [6, 6.07) is 7.78. The van der Waals surface area contributed by atoms with Crippen molar-refractivity contribution in [2.24, 2.45) is 0 Å². The molecule has 150 valence electrons. The van der Waals surface area contributed by atoms with E-state index in [0.29, 0.717) is 18.0 Å². The predicted molar refractivity (Wildman–Crippen MR) is 102 cm³/mol. The van der Waals surface area contributed by atoms with Gasteiger partial charge >= 0.3 is 6.03 Å². The van der Waals surface area contributed by atoms with Gasteiger partial charge in [0.25, 0.3) is 0 Å². The standard InChI is InChI=1S/C21H24F2N2O3/c1-13(16-8-6-14(22)11-18(16)23)24-21(26)25-10-4-5-19(25)17-12-15(27-2)7-9-20(17)28-3/h6-9,11-13,19H,4-5,10H2,1-3H3,(H,24,26). The van der Waals surface area contributed by atoms with Gasteiger partial charge in [-0.25, -0.2) is 13.6 Å². The number of halogens is 2. The van der Waals surface area contributed by atoms with Crippen LogP contribution in [0.15, 0.2) is 36.4 Å². The van der Waals surface area contributed by atoms with Crippen molar-refractivity contribution in [2.75, 3.05) is 20.8 Å². The van der Waals surface area contributed by atoms with Crippen molar-refractivity contribution in [2.45, 2.75) is 31.8 Å². The zero-order chi connectivity index (χ0) is 20.3. The molecule has 5 nitrogen and oxygen atoms in total. The van der Waals surface area contributed by atoms with Gasteiger partial charge in [-0.1, -0.05) is 6.07 Å². The number of amides is 2. The van der Waals surface area contributed by atoms with Crippen molar-refractivity contribution >= 4 is 6.03 Å². The lowest BCUT2D eigenvalue weighted by Crippen LogP contribution is -2.40. The summed E-state index contributed by atoms with van der Waals surface area (Å²) in [5.41, 5.74) is 1.11. The highest BCUT2D eigenvalue weighted by atomic mass is 19.1. The number of likely N-dealkylation sites (tertiary alicyclic amines) is 1. The van der Waals surface area contributed by atoms with E-state index in [2.05, 4.69) is 5.32 Å². The molecule has 0 radical (unpaired) electrons. The topological polar surface area (TPSA) is 50.8 Å². The molecule has 7 heteroatoms. The third-order valence-electron chi connectivity index (χ3n) is 5.08. The summed E-state index contributed by atoms with van der Waals surface area (Å²) in [6.45, 7) is 2.25. The van der Waals surface area contributed by atoms with E-state index in [1.807, 2.05) is 12.1 Å². The SMILES string of the molecule is COc1ccc(OC)c(C2CCCN2C(=O)NC(C)c2ccc(F)cc2F)c1. The molecule has 1 aliphatic rings. The Labute approximate surface area is 163 Å². The summed E-state index contributed by atoms with van der Waals surface area (Å²) >= 11 is 0. The van der Waals surface area contributed by atoms with E-state index in [-0.39, 0.29) is 17.6 Å². The van der Waals surface area contributed by atoms with E-state index in [9.17, 15) is 13.6 Å². The van der Waals surface area contributed by atoms with Crippen LogP contribution >= 0.6 is 0 Å². The van der Waals surface area contributed by atoms with Crippen LogP contribution in [-0.4, -0.2) is 31.7 Å². The van der Waals surface area contributed by atoms with Crippen molar-refractivity contribution in [1.82, 2.24) is 10.2 Å². The molecule has 0 spiro atoms. The number of carbonyl (C=O) groups excluding carboxylic acids is 1. The molecular formula is C21H24F2N2O3. The highest BCUT2D eigenvalue weighted by Crippen LogP contribution is 2.39. The summed E-state index contributed by atoms with van der Waals surface area (Å²) in [7, 11) is 3.17. The normalized spacial score (nSPS) is 17.3. The van der Waals surface area contributed by atoms with E-state index in [4.69, 9.17) is 9.47 Å². The fourth-order valence-electron chi connectivity index (χ4n) is 3.63. The second-order valence-corrected chi connectivity index (χ2v) is 6.80. The molecule has 1 fully saturated rings. The first kappa shape index (κ1) is 19.9. The maximum atomic E-state index is 14.0. The quantitative estimate of drug-likeness (QED) is 0.812. The number of benzene rings is 2. The molecule has 0 aromatic heterocycles. The van der Waals surface area contributed by atoms with Gasteiger partial charge in [0.2, 0.25) is 0 Å². The minimum atomic E-state index is -0.680. The Morgan fingerprint density at radius 3 is 2.64 bits per heavy atom. The number of hydrogen-bond acceptors (Lipinski definition) is 3. The van der Waals surface area contributed by atoms with Crippen LogP contribution < -0.4 is 14.8 Å². The summed E-state index contributed by atoms with van der Waals surface area (Å²) in [5.74, 6) is 0.0395. The lowest BCUT2D eigenvalue weighted by molar-refractivity contribution is 0.188. The number of methoxy groups -OCH3 is 2. The van der Waals surface area contributed by atoms with Gasteiger partial charge in [-0.3, -0.25) is 0 Å². The Kier molecular flexibility index (Phi) is 6.02. The first-order valence-corrected chi connectivity index (χ1v) is 9.18. The predicted octanol–water partition coefficient (Wildman–Crippen LogP) is 4.59. The van der Waals surface area contributed by atoms with Crippen LogP contribution in [0.2, 0.25) is 0 Å². The van der Waals surface area contributed by atoms with Gasteiger partial charge in [0.15, 0.2) is 0 Å². The smallest absolute Gasteiger partial charge is 0.318 e. The minimum Gasteiger partial charge on any atom is -0.497 e. The van der Waals surface area contributed by atoms with Crippen molar-refractivity contribution < 1.29 is 23.0 Å². The molecule has 2 aromatic rings. The van der Waals surface area contributed by atoms with E-state index >= 15 is 0 Å². The molecular weight excluding hydrogens is 366 g/mol. The van der Waals surface area contributed by atoms with E-state index < -0.39 is 17.7 Å². The lowest BCUT2D eigenvalue weighted by atomic mass is 10.0. The summed E-state index contributed by atoms with van der Waals surface area (Å²) < 4.78 is 37.9. The van der Waals surface area contributed by atoms with Crippen LogP contribution in [0.3, 0.4) is 0 Å². The van der Waals surface area contributed by atoms with Gasteiger partial charge in [-0.2, -0.15) is 0 Å². The fraction of sp³-hybridized carbons (Fsp3) is 0.381. The van der Waals surface area contributed by atoms with Crippen molar-refractivity contribution in [1.29, 1.82) is 0 Å². The molecule has 0 aliphatic carbocycles. The number of ether oxygens (including phenoxy) is 2. The molecule has 1 heterocycles. The second-order valence-electron chi connectivity index (χ2n) is 6.80. The summed E-state index contributed by atoms with van der Waals surface area (Å²) in [6.07, 6.45) is 1.63. The zero-order valence-corrected chi connectivity index (χ0v) is 16.2. The number of carbonyl (C=O) groups is 1. The third kappa shape index (κ3) is 4.03. The molecule has 0 bridgehead atoms. The van der Waals surface area contributed by atoms with Crippen LogP contribution in [0.5, 0.6) is 11.5 Å². The van der Waals surface area contributed by atoms with Crippen molar-refractivity contribution in [3.8, 4) is 11.5 Å². The van der Waals surface area contributed by atoms with E-state index in [0.717, 1.165) is 24.5 Å².